The van der Waals surface area contributed by atoms with Gasteiger partial charge >= 0.3 is 5.97 Å². The van der Waals surface area contributed by atoms with E-state index >= 15 is 0 Å². The van der Waals surface area contributed by atoms with Crippen molar-refractivity contribution in [3.63, 3.8) is 0 Å². The number of nitrogens with two attached hydrogens (primary N) is 1. The van der Waals surface area contributed by atoms with Crippen LogP contribution in [0.3, 0.4) is 0 Å². The molecular weight excluding hydrogens is 238 g/mol. The fraction of sp³-hybridized carbons (Fsp3) is 0.636. The molecule has 1 aliphatic rings. The third-order valence-corrected chi connectivity index (χ3v) is 4.03. The van der Waals surface area contributed by atoms with Gasteiger partial charge in [-0.1, -0.05) is 0 Å². The van der Waals surface area contributed by atoms with Gasteiger partial charge in [-0.3, -0.25) is 0 Å². The summed E-state index contributed by atoms with van der Waals surface area (Å²) in [6.07, 6.45) is 3.93. The smallest absolute Gasteiger partial charge is 0.360 e. The Kier molecular flexibility index (Phi) is 3.93. The van der Waals surface area contributed by atoms with Gasteiger partial charge in [0.25, 0.3) is 0 Å². The molecule has 0 saturated carbocycles. The number of carbonyl (C=O) groups excluding carboxylic acids is 1. The van der Waals surface area contributed by atoms with Gasteiger partial charge < -0.3 is 15.0 Å². The summed E-state index contributed by atoms with van der Waals surface area (Å²) in [5.74, 6) is 2.22. The minimum Gasteiger partial charge on any atom is -0.461 e. The van der Waals surface area contributed by atoms with Gasteiger partial charge in [-0.15, -0.1) is 0 Å². The first-order valence-electron chi connectivity index (χ1n) is 5.81. The topological polar surface area (TPSA) is 70.1 Å². The highest BCUT2D eigenvalue weighted by molar-refractivity contribution is 7.99. The molecule has 1 atom stereocenters. The van der Waals surface area contributed by atoms with Crippen LogP contribution >= 0.6 is 11.8 Å². The Morgan fingerprint density at radius 2 is 2.59 bits per heavy atom. The van der Waals surface area contributed by atoms with Crippen LogP contribution in [-0.4, -0.2) is 33.6 Å². The van der Waals surface area contributed by atoms with Gasteiger partial charge in [0.15, 0.2) is 5.69 Å². The summed E-state index contributed by atoms with van der Waals surface area (Å²) < 4.78 is 6.81. The van der Waals surface area contributed by atoms with Crippen LogP contribution in [0.25, 0.3) is 0 Å². The van der Waals surface area contributed by atoms with E-state index in [9.17, 15) is 4.79 Å². The first-order valence-corrected chi connectivity index (χ1v) is 6.96. The number of esters is 1. The van der Waals surface area contributed by atoms with E-state index in [0.29, 0.717) is 18.5 Å². The molecule has 1 aromatic rings. The summed E-state index contributed by atoms with van der Waals surface area (Å²) >= 11 is 1.91. The van der Waals surface area contributed by atoms with Crippen molar-refractivity contribution < 1.29 is 9.53 Å². The third-order valence-electron chi connectivity index (χ3n) is 2.83. The molecule has 2 heterocycles. The summed E-state index contributed by atoms with van der Waals surface area (Å²) in [4.78, 5) is 15.6. The molecule has 2 rings (SSSR count). The van der Waals surface area contributed by atoms with E-state index in [1.165, 1.54) is 12.2 Å². The lowest BCUT2D eigenvalue weighted by Gasteiger charge is -2.23. The number of hydrogen-bond acceptors (Lipinski definition) is 5. The highest BCUT2D eigenvalue weighted by Gasteiger charge is 2.22. The Labute approximate surface area is 105 Å². The molecule has 1 aliphatic heterocycles. The zero-order valence-corrected chi connectivity index (χ0v) is 10.7. The summed E-state index contributed by atoms with van der Waals surface area (Å²) in [6, 6.07) is 0.351. The summed E-state index contributed by atoms with van der Waals surface area (Å²) in [6.45, 7) is 2.10. The number of imidazole rings is 1. The number of carbonyl (C=O) groups is 1. The van der Waals surface area contributed by atoms with E-state index in [1.807, 2.05) is 16.3 Å². The maximum Gasteiger partial charge on any atom is 0.360 e. The van der Waals surface area contributed by atoms with Crippen molar-refractivity contribution in [1.82, 2.24) is 9.55 Å². The van der Waals surface area contributed by atoms with Crippen LogP contribution in [0.15, 0.2) is 6.33 Å². The van der Waals surface area contributed by atoms with Gasteiger partial charge in [-0.05, 0) is 25.5 Å². The lowest BCUT2D eigenvalue weighted by atomic mass is 10.2. The number of nitrogen functional groups attached to an aromatic ring is 1. The molecular formula is C11H17N3O2S. The Morgan fingerprint density at radius 3 is 3.24 bits per heavy atom. The molecule has 0 amide bonds. The van der Waals surface area contributed by atoms with Crippen molar-refractivity contribution in [1.29, 1.82) is 0 Å². The van der Waals surface area contributed by atoms with Crippen molar-refractivity contribution in [2.45, 2.75) is 25.8 Å². The number of rotatable bonds is 3. The van der Waals surface area contributed by atoms with Crippen LogP contribution in [0.2, 0.25) is 0 Å². The van der Waals surface area contributed by atoms with E-state index in [1.54, 1.807) is 13.3 Å². The average molecular weight is 255 g/mol. The van der Waals surface area contributed by atoms with Crippen molar-refractivity contribution in [2.75, 3.05) is 23.8 Å². The first-order chi connectivity index (χ1) is 8.24. The number of nitrogens with zero attached hydrogens (tertiary/aromatic N) is 2. The second-order valence-electron chi connectivity index (χ2n) is 3.98. The Bertz CT molecular complexity index is 399. The van der Waals surface area contributed by atoms with Gasteiger partial charge in [-0.25, -0.2) is 9.78 Å². The highest BCUT2D eigenvalue weighted by atomic mass is 32.2. The number of thioether (sulfide) groups is 1. The highest BCUT2D eigenvalue weighted by Crippen LogP contribution is 2.29. The Morgan fingerprint density at radius 1 is 1.76 bits per heavy atom. The van der Waals surface area contributed by atoms with Crippen LogP contribution in [0.5, 0.6) is 0 Å². The second kappa shape index (κ2) is 5.44. The van der Waals surface area contributed by atoms with E-state index in [0.717, 1.165) is 12.2 Å². The summed E-state index contributed by atoms with van der Waals surface area (Å²) in [7, 11) is 0. The van der Waals surface area contributed by atoms with Crippen molar-refractivity contribution >= 4 is 23.5 Å². The van der Waals surface area contributed by atoms with Crippen LogP contribution in [-0.2, 0) is 4.74 Å². The molecule has 17 heavy (non-hydrogen) atoms. The van der Waals surface area contributed by atoms with Gasteiger partial charge in [0.2, 0.25) is 0 Å². The molecule has 1 saturated heterocycles. The maximum absolute atomic E-state index is 11.6. The SMILES string of the molecule is CCOC(=O)c1ncn(C2CCCSC2)c1N. The minimum absolute atomic E-state index is 0.238. The molecule has 1 unspecified atom stereocenters. The first kappa shape index (κ1) is 12.3. The Balaban J connectivity index is 2.16. The number of aromatic nitrogens is 2. The molecule has 0 aromatic carbocycles. The number of ether oxygens (including phenoxy) is 1. The molecule has 2 N–H and O–H groups in total. The van der Waals surface area contributed by atoms with E-state index in [-0.39, 0.29) is 5.69 Å². The molecule has 0 bridgehead atoms. The van der Waals surface area contributed by atoms with E-state index in [2.05, 4.69) is 4.98 Å². The predicted molar refractivity (Wildman–Crippen MR) is 68.2 cm³/mol. The van der Waals surface area contributed by atoms with Gasteiger partial charge in [0.1, 0.15) is 5.82 Å². The maximum atomic E-state index is 11.6. The molecule has 94 valence electrons. The lowest BCUT2D eigenvalue weighted by molar-refractivity contribution is 0.0521. The normalized spacial score (nSPS) is 20.2. The number of anilines is 1. The van der Waals surface area contributed by atoms with Gasteiger partial charge in [0.05, 0.1) is 12.9 Å². The van der Waals surface area contributed by atoms with Crippen LogP contribution in [0.4, 0.5) is 5.82 Å². The average Bonchev–Trinajstić information content (AvgIpc) is 2.72. The molecule has 6 heteroatoms. The summed E-state index contributed by atoms with van der Waals surface area (Å²) in [5.41, 5.74) is 6.19. The molecule has 0 spiro atoms. The fourth-order valence-electron chi connectivity index (χ4n) is 1.96. The molecule has 0 radical (unpaired) electrons. The van der Waals surface area contributed by atoms with Crippen molar-refractivity contribution in [2.24, 2.45) is 0 Å². The van der Waals surface area contributed by atoms with Crippen LogP contribution < -0.4 is 5.73 Å². The van der Waals surface area contributed by atoms with E-state index in [4.69, 9.17) is 10.5 Å². The van der Waals surface area contributed by atoms with E-state index < -0.39 is 5.97 Å². The molecule has 0 aliphatic carbocycles. The fourth-order valence-corrected chi connectivity index (χ4v) is 3.10. The van der Waals surface area contributed by atoms with Crippen molar-refractivity contribution in [3.8, 4) is 0 Å². The van der Waals surface area contributed by atoms with Crippen LogP contribution in [0.1, 0.15) is 36.3 Å². The predicted octanol–water partition coefficient (Wildman–Crippen LogP) is 1.71. The quantitative estimate of drug-likeness (QED) is 0.833. The second-order valence-corrected chi connectivity index (χ2v) is 5.13. The summed E-state index contributed by atoms with van der Waals surface area (Å²) in [5, 5.41) is 0. The van der Waals surface area contributed by atoms with Gasteiger partial charge in [-0.2, -0.15) is 11.8 Å². The number of hydrogen-bond donors (Lipinski definition) is 1. The molecule has 5 nitrogen and oxygen atoms in total. The third kappa shape index (κ3) is 2.57. The Hall–Kier alpha value is -1.17. The molecule has 1 aromatic heterocycles. The van der Waals surface area contributed by atoms with Crippen molar-refractivity contribution in [3.05, 3.63) is 12.0 Å². The minimum atomic E-state index is -0.438. The van der Waals surface area contributed by atoms with Crippen LogP contribution in [0, 0.1) is 0 Å². The largest absolute Gasteiger partial charge is 0.461 e. The standard InChI is InChI=1S/C11H17N3O2S/c1-2-16-11(15)9-10(12)14(7-13-9)8-4-3-5-17-6-8/h7-8H,2-6,12H2,1H3. The zero-order chi connectivity index (χ0) is 12.3. The lowest BCUT2D eigenvalue weighted by Crippen LogP contribution is -2.18. The monoisotopic (exact) mass is 255 g/mol. The zero-order valence-electron chi connectivity index (χ0n) is 9.89. The molecule has 1 fully saturated rings. The van der Waals surface area contributed by atoms with Gasteiger partial charge in [0, 0.05) is 11.8 Å².